The van der Waals surface area contributed by atoms with Gasteiger partial charge in [0.2, 0.25) is 0 Å². The summed E-state index contributed by atoms with van der Waals surface area (Å²) in [6.07, 6.45) is 0.817. The van der Waals surface area contributed by atoms with Gasteiger partial charge in [-0.05, 0) is 13.8 Å². The largest absolute Gasteiger partial charge is 0.447 e. The molecular weight excluding hydrogens is 228 g/mol. The predicted molar refractivity (Wildman–Crippen MR) is 61.3 cm³/mol. The van der Waals surface area contributed by atoms with Gasteiger partial charge in [-0.25, -0.2) is 9.78 Å². The van der Waals surface area contributed by atoms with Crippen LogP contribution in [0.2, 0.25) is 0 Å². The topological polar surface area (TPSA) is 71.5 Å². The van der Waals surface area contributed by atoms with Crippen molar-refractivity contribution in [1.29, 1.82) is 0 Å². The van der Waals surface area contributed by atoms with Gasteiger partial charge in [0.25, 0.3) is 0 Å². The van der Waals surface area contributed by atoms with E-state index >= 15 is 0 Å². The van der Waals surface area contributed by atoms with E-state index in [-0.39, 0.29) is 12.7 Å². The van der Waals surface area contributed by atoms with E-state index in [0.29, 0.717) is 10.0 Å². The van der Waals surface area contributed by atoms with E-state index in [4.69, 9.17) is 9.84 Å². The first kappa shape index (κ1) is 12.5. The molecule has 1 aromatic heterocycles. The van der Waals surface area contributed by atoms with Crippen molar-refractivity contribution >= 4 is 22.6 Å². The molecule has 0 spiro atoms. The Morgan fingerprint density at radius 3 is 3.12 bits per heavy atom. The number of carbonyl (C=O) groups excluding carboxylic acids is 1. The molecule has 0 bridgehead atoms. The lowest BCUT2D eigenvalue weighted by Gasteiger charge is -2.06. The molecule has 86 valence electrons. The minimum atomic E-state index is -0.536. The van der Waals surface area contributed by atoms with Crippen LogP contribution in [0.1, 0.15) is 18.7 Å². The molecule has 5 nitrogen and oxygen atoms in total. The normalized spacial score (nSPS) is 9.50. The van der Waals surface area contributed by atoms with Crippen LogP contribution >= 0.6 is 11.3 Å². The number of rotatable bonds is 2. The Morgan fingerprint density at radius 2 is 2.50 bits per heavy atom. The lowest BCUT2D eigenvalue weighted by molar-refractivity contribution is 0.130. The maximum Gasteiger partial charge on any atom is 0.413 e. The third kappa shape index (κ3) is 4.29. The van der Waals surface area contributed by atoms with Gasteiger partial charge in [0.1, 0.15) is 6.61 Å². The van der Waals surface area contributed by atoms with E-state index in [0.717, 1.165) is 0 Å². The molecule has 0 aliphatic rings. The van der Waals surface area contributed by atoms with Gasteiger partial charge in [0, 0.05) is 0 Å². The lowest BCUT2D eigenvalue weighted by atomic mass is 10.5. The molecule has 0 aliphatic heterocycles. The monoisotopic (exact) mass is 240 g/mol. The third-order valence-electron chi connectivity index (χ3n) is 1.35. The summed E-state index contributed by atoms with van der Waals surface area (Å²) in [5.41, 5.74) is 0. The van der Waals surface area contributed by atoms with Crippen LogP contribution in [0.3, 0.4) is 0 Å². The van der Waals surface area contributed by atoms with E-state index in [1.54, 1.807) is 13.8 Å². The second kappa shape index (κ2) is 6.10. The summed E-state index contributed by atoms with van der Waals surface area (Å²) in [5, 5.41) is 11.4. The van der Waals surface area contributed by atoms with Crippen molar-refractivity contribution in [2.24, 2.45) is 0 Å². The van der Waals surface area contributed by atoms with Gasteiger partial charge < -0.3 is 9.84 Å². The Kier molecular flexibility index (Phi) is 4.76. The van der Waals surface area contributed by atoms with Gasteiger partial charge in [0.15, 0.2) is 5.13 Å². The average Bonchev–Trinajstić information content (AvgIpc) is 2.61. The molecule has 0 saturated heterocycles. The zero-order valence-corrected chi connectivity index (χ0v) is 9.80. The molecule has 0 radical (unpaired) electrons. The van der Waals surface area contributed by atoms with E-state index in [1.807, 2.05) is 0 Å². The minimum absolute atomic E-state index is 0.173. The van der Waals surface area contributed by atoms with E-state index in [1.165, 1.54) is 17.5 Å². The number of aromatic nitrogens is 1. The van der Waals surface area contributed by atoms with Gasteiger partial charge in [-0.2, -0.15) is 0 Å². The van der Waals surface area contributed by atoms with Crippen molar-refractivity contribution in [2.75, 3.05) is 11.9 Å². The average molecular weight is 240 g/mol. The van der Waals surface area contributed by atoms with Crippen LogP contribution in [-0.4, -0.2) is 28.9 Å². The summed E-state index contributed by atoms with van der Waals surface area (Å²) in [6, 6.07) is 0. The van der Waals surface area contributed by atoms with Crippen molar-refractivity contribution in [1.82, 2.24) is 4.98 Å². The molecule has 0 unspecified atom stereocenters. The quantitative estimate of drug-likeness (QED) is 0.767. The number of nitrogens with one attached hydrogen (secondary N) is 1. The molecule has 0 aliphatic carbocycles. The Bertz CT molecular complexity index is 417. The number of amides is 1. The van der Waals surface area contributed by atoms with Crippen molar-refractivity contribution < 1.29 is 14.6 Å². The van der Waals surface area contributed by atoms with E-state index in [2.05, 4.69) is 22.1 Å². The summed E-state index contributed by atoms with van der Waals surface area (Å²) >= 11 is 1.22. The molecule has 1 heterocycles. The second-order valence-electron chi connectivity index (χ2n) is 3.07. The fourth-order valence-corrected chi connectivity index (χ4v) is 1.52. The van der Waals surface area contributed by atoms with E-state index in [9.17, 15) is 4.79 Å². The predicted octanol–water partition coefficient (Wildman–Crippen LogP) is 1.44. The molecule has 6 heteroatoms. The van der Waals surface area contributed by atoms with Gasteiger partial charge in [-0.1, -0.05) is 23.2 Å². The van der Waals surface area contributed by atoms with Crippen LogP contribution in [0, 0.1) is 11.8 Å². The Balaban J connectivity index is 2.55. The Hall–Kier alpha value is -1.58. The molecule has 0 fully saturated rings. The number of aliphatic hydroxyl groups is 1. The lowest BCUT2D eigenvalue weighted by Crippen LogP contribution is -2.17. The number of anilines is 1. The van der Waals surface area contributed by atoms with Gasteiger partial charge >= 0.3 is 6.09 Å². The number of hydrogen-bond acceptors (Lipinski definition) is 5. The number of hydrogen-bond donors (Lipinski definition) is 2. The Labute approximate surface area is 97.5 Å². The van der Waals surface area contributed by atoms with Crippen molar-refractivity contribution in [3.63, 3.8) is 0 Å². The number of aliphatic hydroxyl groups excluding tert-OH is 1. The smallest absolute Gasteiger partial charge is 0.413 e. The van der Waals surface area contributed by atoms with Crippen LogP contribution in [0.25, 0.3) is 0 Å². The molecule has 16 heavy (non-hydrogen) atoms. The molecule has 2 N–H and O–H groups in total. The summed E-state index contributed by atoms with van der Waals surface area (Å²) in [5.74, 6) is 5.19. The van der Waals surface area contributed by atoms with Gasteiger partial charge in [-0.3, -0.25) is 5.32 Å². The van der Waals surface area contributed by atoms with Crippen LogP contribution < -0.4 is 5.32 Å². The maximum atomic E-state index is 11.2. The van der Waals surface area contributed by atoms with Crippen molar-refractivity contribution in [3.05, 3.63) is 11.1 Å². The molecule has 0 atom stereocenters. The highest BCUT2D eigenvalue weighted by Crippen LogP contribution is 2.17. The molecule has 0 saturated carbocycles. The fourth-order valence-electron chi connectivity index (χ4n) is 0.847. The molecule has 0 aromatic carbocycles. The zero-order valence-electron chi connectivity index (χ0n) is 8.98. The summed E-state index contributed by atoms with van der Waals surface area (Å²) in [7, 11) is 0. The van der Waals surface area contributed by atoms with Crippen LogP contribution in [0.5, 0.6) is 0 Å². The summed E-state index contributed by atoms with van der Waals surface area (Å²) in [4.78, 5) is 15.8. The standard InChI is InChI=1S/C10H12N2O3S/c1-7(2)15-10(14)12-9-11-6-8(16-9)4-3-5-13/h6-7,13H,5H2,1-2H3,(H,11,12,14). The molecule has 1 aromatic rings. The highest BCUT2D eigenvalue weighted by atomic mass is 32.1. The van der Waals surface area contributed by atoms with Crippen LogP contribution in [-0.2, 0) is 4.74 Å². The minimum Gasteiger partial charge on any atom is -0.447 e. The van der Waals surface area contributed by atoms with Crippen LogP contribution in [0.4, 0.5) is 9.93 Å². The first-order chi connectivity index (χ1) is 7.61. The summed E-state index contributed by atoms with van der Waals surface area (Å²) < 4.78 is 4.89. The first-order valence-corrected chi connectivity index (χ1v) is 5.46. The number of thiazole rings is 1. The molecular formula is C10H12N2O3S. The third-order valence-corrected chi connectivity index (χ3v) is 2.18. The molecule has 1 rings (SSSR count). The second-order valence-corrected chi connectivity index (χ2v) is 4.10. The highest BCUT2D eigenvalue weighted by Gasteiger charge is 2.07. The zero-order chi connectivity index (χ0) is 12.0. The van der Waals surface area contributed by atoms with Crippen molar-refractivity contribution in [3.8, 4) is 11.8 Å². The van der Waals surface area contributed by atoms with Gasteiger partial charge in [-0.15, -0.1) is 0 Å². The van der Waals surface area contributed by atoms with E-state index < -0.39 is 6.09 Å². The molecule has 1 amide bonds. The number of carbonyl (C=O) groups is 1. The summed E-state index contributed by atoms with van der Waals surface area (Å²) in [6.45, 7) is 3.33. The highest BCUT2D eigenvalue weighted by molar-refractivity contribution is 7.16. The maximum absolute atomic E-state index is 11.2. The SMILES string of the molecule is CC(C)OC(=O)Nc1ncc(C#CCO)s1. The first-order valence-electron chi connectivity index (χ1n) is 4.65. The van der Waals surface area contributed by atoms with Gasteiger partial charge in [0.05, 0.1) is 17.2 Å². The number of nitrogens with zero attached hydrogens (tertiary/aromatic N) is 1. The number of ether oxygens (including phenoxy) is 1. The van der Waals surface area contributed by atoms with Crippen molar-refractivity contribution in [2.45, 2.75) is 20.0 Å². The van der Waals surface area contributed by atoms with Crippen LogP contribution in [0.15, 0.2) is 6.20 Å². The Morgan fingerprint density at radius 1 is 1.75 bits per heavy atom. The fraction of sp³-hybridized carbons (Fsp3) is 0.400.